The van der Waals surface area contributed by atoms with Crippen molar-refractivity contribution >= 4 is 105 Å². The molecule has 4 aromatic carbocycles. The van der Waals surface area contributed by atoms with Crippen LogP contribution in [0.15, 0.2) is 97.2 Å². The Kier molecular flexibility index (Phi) is 25.1. The van der Waals surface area contributed by atoms with Crippen molar-refractivity contribution in [1.82, 2.24) is 52.0 Å². The Labute approximate surface area is 540 Å². The summed E-state index contributed by atoms with van der Waals surface area (Å²) in [6.45, 7) is 1.33. The maximum atomic E-state index is 15.0. The Balaban J connectivity index is 1.07. The number of aromatic nitrogens is 1. The van der Waals surface area contributed by atoms with Crippen molar-refractivity contribution in [3.8, 4) is 5.75 Å². The lowest BCUT2D eigenvalue weighted by molar-refractivity contribution is -0.143. The number of carbonyl (C=O) groups excluding carboxylic acids is 10. The lowest BCUT2D eigenvalue weighted by Gasteiger charge is -2.31. The molecule has 5 aromatic rings. The second kappa shape index (κ2) is 33.2. The lowest BCUT2D eigenvalue weighted by atomic mass is 10.0. The highest BCUT2D eigenvalue weighted by atomic mass is 35.5. The van der Waals surface area contributed by atoms with Crippen molar-refractivity contribution in [3.05, 3.63) is 136 Å². The molecule has 2 fully saturated rings. The minimum atomic E-state index is -1.45. The number of primary amides is 1. The minimum absolute atomic E-state index is 0.0369. The number of aromatic amines is 1. The number of thioether (sulfide) groups is 2. The molecule has 13 N–H and O–H groups in total. The van der Waals surface area contributed by atoms with E-state index in [1.165, 1.54) is 70.6 Å². The summed E-state index contributed by atoms with van der Waals surface area (Å²) < 4.78 is 14.7. The van der Waals surface area contributed by atoms with Crippen molar-refractivity contribution in [3.63, 3.8) is 0 Å². The first-order valence-electron chi connectivity index (χ1n) is 30.4. The first-order valence-corrected chi connectivity index (χ1v) is 33.1. The normalized spacial score (nSPS) is 23.8. The molecule has 2 bridgehead atoms. The van der Waals surface area contributed by atoms with E-state index in [0.717, 1.165) is 11.1 Å². The highest BCUT2D eigenvalue weighted by Crippen LogP contribution is 2.26. The molecule has 91 heavy (non-hydrogen) atoms. The number of halogens is 2. The van der Waals surface area contributed by atoms with Gasteiger partial charge in [0.05, 0.1) is 6.54 Å². The lowest BCUT2D eigenvalue weighted by Crippen LogP contribution is -2.60. The topological polar surface area (TPSA) is 349 Å². The maximum absolute atomic E-state index is 15.0. The molecule has 10 amide bonds. The SMILES string of the molecule is C[C@@H]1NC(=O)[C@@H]2CCCN2C(=O)[C@H](Cc2ccc(Cl)cc2)NC(=O)[C@H](Cc2c[nH]c3ccc(F)cc23)NC(=O)CNC(=O)[C@H](CCCCN)NC(=O)CCSCc2cccc(c2)CSC[C@@H](C(N)=O)NC(=O)[C@@H]2CCCN2C(=O)[C@H](Cc2ccc(O)cc2)NC1=O. The number of benzene rings is 4. The molecular formula is C64H78ClFN12O11S2. The van der Waals surface area contributed by atoms with Gasteiger partial charge in [-0.05, 0) is 129 Å². The van der Waals surface area contributed by atoms with E-state index in [0.29, 0.717) is 82.1 Å². The number of hydrogen-bond donors (Lipinski definition) is 11. The first-order chi connectivity index (χ1) is 43.7. The first kappa shape index (κ1) is 68.7. The molecule has 0 unspecified atom stereocenters. The van der Waals surface area contributed by atoms with Crippen LogP contribution in [0.3, 0.4) is 0 Å². The van der Waals surface area contributed by atoms with Gasteiger partial charge in [0, 0.05) is 83.9 Å². The van der Waals surface area contributed by atoms with Crippen molar-refractivity contribution in [1.29, 1.82) is 0 Å². The molecule has 486 valence electrons. The summed E-state index contributed by atoms with van der Waals surface area (Å²) in [6, 6.07) is 14.6. The number of amides is 10. The third-order valence-electron chi connectivity index (χ3n) is 16.2. The number of phenols is 1. The molecule has 2 saturated heterocycles. The van der Waals surface area contributed by atoms with E-state index in [1.807, 2.05) is 24.3 Å². The minimum Gasteiger partial charge on any atom is -0.508 e. The summed E-state index contributed by atoms with van der Waals surface area (Å²) >= 11 is 9.12. The number of rotatable bonds is 11. The van der Waals surface area contributed by atoms with Gasteiger partial charge < -0.3 is 68.6 Å². The van der Waals surface area contributed by atoms with E-state index >= 15 is 4.79 Å². The van der Waals surface area contributed by atoms with Crippen LogP contribution in [0.2, 0.25) is 5.02 Å². The number of carbonyl (C=O) groups is 10. The molecule has 0 aliphatic carbocycles. The Hall–Kier alpha value is -8.20. The average Bonchev–Trinajstić information content (AvgIpc) is 1.79. The van der Waals surface area contributed by atoms with Crippen LogP contribution in [-0.4, -0.2) is 165 Å². The number of fused-ring (bicyclic) bond motifs is 5. The number of hydrogen-bond acceptors (Lipinski definition) is 14. The second-order valence-corrected chi connectivity index (χ2v) is 25.6. The third kappa shape index (κ3) is 19.7. The fourth-order valence-corrected chi connectivity index (χ4v) is 13.3. The fourth-order valence-electron chi connectivity index (χ4n) is 11.3. The van der Waals surface area contributed by atoms with Crippen LogP contribution < -0.4 is 48.7 Å². The molecule has 1 aromatic heterocycles. The fraction of sp³-hybridized carbons (Fsp3) is 0.438. The highest BCUT2D eigenvalue weighted by molar-refractivity contribution is 7.98. The van der Waals surface area contributed by atoms with Gasteiger partial charge in [0.2, 0.25) is 59.1 Å². The zero-order valence-electron chi connectivity index (χ0n) is 50.4. The maximum Gasteiger partial charge on any atom is 0.246 e. The van der Waals surface area contributed by atoms with Crippen LogP contribution in [0, 0.1) is 5.82 Å². The standard InChI is InChI=1S/C64H78ClFN12O11S2/c1-37-58(83)74-50(29-39-14-19-45(79)20-15-39)63(88)78-25-6-11-54(78)62(87)76-52(57(68)82)36-91-35-41-8-4-7-40(27-41)34-90-26-22-55(80)72-48(9-2-3-23-67)59(84)70-33-56(81)73-49(30-42-32-69-47-21-18-44(66)31-46(42)47)60(85)75-51(28-38-12-16-43(65)17-13-38)64(89)77-24-5-10-53(77)61(86)71-37/h4,7-8,12-21,27,31-32,37,48-54,69,79H,2-3,5-6,9-11,22-26,28-30,33-36,67H2,1H3,(H2,68,82)(H,70,84)(H,71,86)(H,72,80)(H,73,81)(H,74,83)(H,75,85)(H,76,87)/t37-,48-,49-,50-,51-,52-,53-,54-/m0/s1. The second-order valence-electron chi connectivity index (χ2n) is 23.0. The highest BCUT2D eigenvalue weighted by Gasteiger charge is 2.42. The monoisotopic (exact) mass is 1310 g/mol. The molecule has 0 spiro atoms. The van der Waals surface area contributed by atoms with Crippen LogP contribution in [0.25, 0.3) is 10.9 Å². The number of nitrogens with two attached hydrogens (primary N) is 2. The van der Waals surface area contributed by atoms with Crippen LogP contribution >= 0.6 is 35.1 Å². The Bertz CT molecular complexity index is 3440. The van der Waals surface area contributed by atoms with Crippen LogP contribution in [-0.2, 0) is 78.7 Å². The van der Waals surface area contributed by atoms with E-state index in [1.54, 1.807) is 42.6 Å². The van der Waals surface area contributed by atoms with Gasteiger partial charge in [-0.15, -0.1) is 0 Å². The average molecular weight is 1310 g/mol. The van der Waals surface area contributed by atoms with Gasteiger partial charge in [0.1, 0.15) is 59.9 Å². The van der Waals surface area contributed by atoms with Gasteiger partial charge >= 0.3 is 0 Å². The molecule has 0 radical (unpaired) electrons. The molecule has 0 saturated carbocycles. The van der Waals surface area contributed by atoms with Crippen LogP contribution in [0.5, 0.6) is 5.75 Å². The van der Waals surface area contributed by atoms with Gasteiger partial charge in [0.15, 0.2) is 0 Å². The molecule has 8 rings (SSSR count). The Morgan fingerprint density at radius 3 is 1.90 bits per heavy atom. The van der Waals surface area contributed by atoms with Gasteiger partial charge in [-0.2, -0.15) is 23.5 Å². The predicted octanol–water partition coefficient (Wildman–Crippen LogP) is 2.91. The zero-order valence-corrected chi connectivity index (χ0v) is 52.8. The number of H-pyrrole nitrogens is 1. The van der Waals surface area contributed by atoms with E-state index in [4.69, 9.17) is 23.1 Å². The van der Waals surface area contributed by atoms with Gasteiger partial charge in [-0.3, -0.25) is 47.9 Å². The van der Waals surface area contributed by atoms with E-state index in [9.17, 15) is 52.6 Å². The summed E-state index contributed by atoms with van der Waals surface area (Å²) in [6.07, 6.45) is 3.64. The molecule has 3 aliphatic heterocycles. The predicted molar refractivity (Wildman–Crippen MR) is 344 cm³/mol. The zero-order chi connectivity index (χ0) is 65.1. The molecule has 4 heterocycles. The van der Waals surface area contributed by atoms with Crippen LogP contribution in [0.1, 0.15) is 86.1 Å². The summed E-state index contributed by atoms with van der Waals surface area (Å²) in [7, 11) is 0. The molecule has 23 nitrogen and oxygen atoms in total. The number of nitrogens with zero attached hydrogens (tertiary/aromatic N) is 2. The van der Waals surface area contributed by atoms with Crippen LogP contribution in [0.4, 0.5) is 4.39 Å². The van der Waals surface area contributed by atoms with Gasteiger partial charge in [-0.1, -0.05) is 60.1 Å². The van der Waals surface area contributed by atoms with Crippen molar-refractivity contribution in [2.75, 3.05) is 37.7 Å². The number of phenolic OH excluding ortho intramolecular Hbond substituents is 1. The summed E-state index contributed by atoms with van der Waals surface area (Å²) in [4.78, 5) is 147. The Morgan fingerprint density at radius 2 is 1.26 bits per heavy atom. The van der Waals surface area contributed by atoms with Crippen molar-refractivity contribution < 1.29 is 57.4 Å². The van der Waals surface area contributed by atoms with E-state index in [-0.39, 0.29) is 69.5 Å². The number of nitrogens with one attached hydrogen (secondary N) is 8. The molecule has 27 heteroatoms. The molecule has 3 aliphatic rings. The molecule has 8 atom stereocenters. The number of aromatic hydroxyl groups is 1. The quantitative estimate of drug-likeness (QED) is 0.0848. The van der Waals surface area contributed by atoms with Crippen molar-refractivity contribution in [2.24, 2.45) is 11.5 Å². The Morgan fingerprint density at radius 1 is 0.659 bits per heavy atom. The largest absolute Gasteiger partial charge is 0.508 e. The van der Waals surface area contributed by atoms with E-state index in [2.05, 4.69) is 42.2 Å². The van der Waals surface area contributed by atoms with Crippen molar-refractivity contribution in [2.45, 2.75) is 137 Å². The summed E-state index contributed by atoms with van der Waals surface area (Å²) in [5.74, 6) is -5.96. The smallest absolute Gasteiger partial charge is 0.246 e. The number of unbranched alkanes of at least 4 members (excludes halogenated alkanes) is 1. The summed E-state index contributed by atoms with van der Waals surface area (Å²) in [5, 5.41) is 30.1. The summed E-state index contributed by atoms with van der Waals surface area (Å²) in [5.41, 5.74) is 15.6. The third-order valence-corrected chi connectivity index (χ3v) is 18.6. The van der Waals surface area contributed by atoms with Gasteiger partial charge in [-0.25, -0.2) is 4.39 Å². The van der Waals surface area contributed by atoms with E-state index < -0.39 is 120 Å². The van der Waals surface area contributed by atoms with Gasteiger partial charge in [0.25, 0.3) is 0 Å². The molecular weight excluding hydrogens is 1230 g/mol.